The second-order valence-corrected chi connectivity index (χ2v) is 8.16. The second kappa shape index (κ2) is 8.70. The van der Waals surface area contributed by atoms with Crippen LogP contribution in [-0.2, 0) is 9.59 Å². The summed E-state index contributed by atoms with van der Waals surface area (Å²) in [6, 6.07) is 7.50. The molecule has 1 unspecified atom stereocenters. The Morgan fingerprint density at radius 3 is 2.22 bits per heavy atom. The molecule has 5 heteroatoms. The largest absolute Gasteiger partial charge is 0.503 e. The van der Waals surface area contributed by atoms with Crippen LogP contribution in [0.1, 0.15) is 57.2 Å². The van der Waals surface area contributed by atoms with E-state index in [1.807, 2.05) is 38.4 Å². The SMILES string of the molecule is CC(C)C(=O)C1=C(O)C(=O)N(CCCN(C)C)C1c1ccc(C(C)C)cc1. The predicted molar refractivity (Wildman–Crippen MR) is 108 cm³/mol. The molecule has 1 aliphatic heterocycles. The van der Waals surface area contributed by atoms with E-state index in [1.165, 1.54) is 5.56 Å². The summed E-state index contributed by atoms with van der Waals surface area (Å²) in [5, 5.41) is 10.5. The van der Waals surface area contributed by atoms with E-state index in [4.69, 9.17) is 0 Å². The Labute approximate surface area is 162 Å². The van der Waals surface area contributed by atoms with Crippen LogP contribution < -0.4 is 0 Å². The molecule has 148 valence electrons. The minimum absolute atomic E-state index is 0.172. The van der Waals surface area contributed by atoms with Crippen LogP contribution in [0, 0.1) is 5.92 Å². The van der Waals surface area contributed by atoms with E-state index in [1.54, 1.807) is 18.7 Å². The summed E-state index contributed by atoms with van der Waals surface area (Å²) in [5.74, 6) is -0.892. The average Bonchev–Trinajstić information content (AvgIpc) is 2.85. The van der Waals surface area contributed by atoms with Crippen LogP contribution in [0.2, 0.25) is 0 Å². The Balaban J connectivity index is 2.42. The average molecular weight is 373 g/mol. The van der Waals surface area contributed by atoms with Crippen molar-refractivity contribution in [3.05, 3.63) is 46.7 Å². The minimum atomic E-state index is -0.518. The number of ketones is 1. The van der Waals surface area contributed by atoms with Crippen molar-refractivity contribution in [3.8, 4) is 0 Å². The van der Waals surface area contributed by atoms with Gasteiger partial charge in [-0.15, -0.1) is 0 Å². The van der Waals surface area contributed by atoms with Gasteiger partial charge in [0, 0.05) is 12.5 Å². The molecule has 0 fully saturated rings. The Bertz CT molecular complexity index is 718. The van der Waals surface area contributed by atoms with Gasteiger partial charge in [-0.05, 0) is 44.1 Å². The van der Waals surface area contributed by atoms with E-state index in [2.05, 4.69) is 18.7 Å². The lowest BCUT2D eigenvalue weighted by atomic mass is 9.90. The highest BCUT2D eigenvalue weighted by molar-refractivity contribution is 6.09. The number of aliphatic hydroxyl groups is 1. The zero-order chi connectivity index (χ0) is 20.3. The van der Waals surface area contributed by atoms with Gasteiger partial charge in [0.25, 0.3) is 5.91 Å². The number of carbonyl (C=O) groups is 2. The van der Waals surface area contributed by atoms with Gasteiger partial charge >= 0.3 is 0 Å². The van der Waals surface area contributed by atoms with Crippen LogP contribution in [0.3, 0.4) is 0 Å². The van der Waals surface area contributed by atoms with Crippen molar-refractivity contribution in [1.29, 1.82) is 0 Å². The van der Waals surface area contributed by atoms with Gasteiger partial charge in [0.15, 0.2) is 11.5 Å². The van der Waals surface area contributed by atoms with Crippen LogP contribution in [0.25, 0.3) is 0 Å². The van der Waals surface area contributed by atoms with E-state index in [9.17, 15) is 14.7 Å². The van der Waals surface area contributed by atoms with E-state index >= 15 is 0 Å². The molecule has 0 aromatic heterocycles. The van der Waals surface area contributed by atoms with Crippen molar-refractivity contribution < 1.29 is 14.7 Å². The molecule has 0 aliphatic carbocycles. The molecule has 27 heavy (non-hydrogen) atoms. The zero-order valence-electron chi connectivity index (χ0n) is 17.3. The van der Waals surface area contributed by atoms with Gasteiger partial charge < -0.3 is 14.9 Å². The van der Waals surface area contributed by atoms with Crippen LogP contribution in [0.4, 0.5) is 0 Å². The molecule has 0 radical (unpaired) electrons. The fourth-order valence-electron chi connectivity index (χ4n) is 3.41. The van der Waals surface area contributed by atoms with Crippen molar-refractivity contribution in [3.63, 3.8) is 0 Å². The summed E-state index contributed by atoms with van der Waals surface area (Å²) in [5.41, 5.74) is 2.30. The topological polar surface area (TPSA) is 60.9 Å². The maximum Gasteiger partial charge on any atom is 0.290 e. The number of Topliss-reactive ketones (excluding diaryl/α,β-unsaturated/α-hetero) is 1. The normalized spacial score (nSPS) is 17.7. The number of benzene rings is 1. The predicted octanol–water partition coefficient (Wildman–Crippen LogP) is 3.68. The lowest BCUT2D eigenvalue weighted by Crippen LogP contribution is -2.33. The third-order valence-corrected chi connectivity index (χ3v) is 5.02. The molecular formula is C22H32N2O3. The number of hydrogen-bond acceptors (Lipinski definition) is 4. The van der Waals surface area contributed by atoms with E-state index in [0.717, 1.165) is 18.5 Å². The lowest BCUT2D eigenvalue weighted by Gasteiger charge is -2.28. The van der Waals surface area contributed by atoms with Gasteiger partial charge in [-0.1, -0.05) is 52.0 Å². The summed E-state index contributed by atoms with van der Waals surface area (Å²) in [7, 11) is 3.97. The maximum atomic E-state index is 12.8. The first-order valence-electron chi connectivity index (χ1n) is 9.68. The molecule has 1 atom stereocenters. The Morgan fingerprint density at radius 1 is 1.15 bits per heavy atom. The van der Waals surface area contributed by atoms with Gasteiger partial charge in [-0.3, -0.25) is 9.59 Å². The zero-order valence-corrected chi connectivity index (χ0v) is 17.3. The summed E-state index contributed by atoms with van der Waals surface area (Å²) < 4.78 is 0. The third kappa shape index (κ3) is 4.59. The molecule has 1 amide bonds. The molecule has 5 nitrogen and oxygen atoms in total. The van der Waals surface area contributed by atoms with Crippen LogP contribution in [-0.4, -0.2) is 53.8 Å². The monoisotopic (exact) mass is 372 g/mol. The summed E-state index contributed by atoms with van der Waals surface area (Å²) in [6.07, 6.45) is 0.774. The smallest absolute Gasteiger partial charge is 0.290 e. The Hall–Kier alpha value is -2.14. The van der Waals surface area contributed by atoms with Crippen molar-refractivity contribution in [2.45, 2.75) is 46.1 Å². The first-order chi connectivity index (χ1) is 12.6. The van der Waals surface area contributed by atoms with Crippen LogP contribution >= 0.6 is 0 Å². The highest BCUT2D eigenvalue weighted by Gasteiger charge is 2.43. The number of rotatable bonds is 8. The second-order valence-electron chi connectivity index (χ2n) is 8.16. The molecule has 0 saturated heterocycles. The molecule has 0 spiro atoms. The fourth-order valence-corrected chi connectivity index (χ4v) is 3.41. The quantitative estimate of drug-likeness (QED) is 0.756. The Kier molecular flexibility index (Phi) is 6.82. The fraction of sp³-hybridized carbons (Fsp3) is 0.545. The number of carbonyl (C=O) groups excluding carboxylic acids is 2. The maximum absolute atomic E-state index is 12.8. The standard InChI is InChI=1S/C22H32N2O3/c1-14(2)16-8-10-17(11-9-16)19-18(20(25)15(3)4)21(26)22(27)24(19)13-7-12-23(5)6/h8-11,14-15,19,26H,7,12-13H2,1-6H3. The van der Waals surface area contributed by atoms with Crippen LogP contribution in [0.15, 0.2) is 35.6 Å². The highest BCUT2D eigenvalue weighted by atomic mass is 16.3. The molecule has 1 heterocycles. The van der Waals surface area contributed by atoms with Gasteiger partial charge in [0.2, 0.25) is 0 Å². The highest BCUT2D eigenvalue weighted by Crippen LogP contribution is 2.39. The number of hydrogen-bond donors (Lipinski definition) is 1. The van der Waals surface area contributed by atoms with Crippen molar-refractivity contribution in [2.75, 3.05) is 27.2 Å². The molecule has 0 saturated carbocycles. The van der Waals surface area contributed by atoms with Gasteiger partial charge in [-0.25, -0.2) is 0 Å². The van der Waals surface area contributed by atoms with Gasteiger partial charge in [0.1, 0.15) is 0 Å². The summed E-state index contributed by atoms with van der Waals surface area (Å²) >= 11 is 0. The molecular weight excluding hydrogens is 340 g/mol. The molecule has 1 aliphatic rings. The summed E-state index contributed by atoms with van der Waals surface area (Å²) in [4.78, 5) is 29.2. The van der Waals surface area contributed by atoms with Crippen molar-refractivity contribution in [1.82, 2.24) is 9.80 Å². The van der Waals surface area contributed by atoms with Crippen LogP contribution in [0.5, 0.6) is 0 Å². The minimum Gasteiger partial charge on any atom is -0.503 e. The van der Waals surface area contributed by atoms with Crippen molar-refractivity contribution >= 4 is 11.7 Å². The lowest BCUT2D eigenvalue weighted by molar-refractivity contribution is -0.129. The summed E-state index contributed by atoms with van der Waals surface area (Å²) in [6.45, 7) is 9.16. The first-order valence-corrected chi connectivity index (χ1v) is 9.68. The molecule has 1 N–H and O–H groups in total. The Morgan fingerprint density at radius 2 is 1.74 bits per heavy atom. The number of aliphatic hydroxyl groups excluding tert-OH is 1. The third-order valence-electron chi connectivity index (χ3n) is 5.02. The number of nitrogens with zero attached hydrogens (tertiary/aromatic N) is 2. The van der Waals surface area contributed by atoms with Crippen molar-refractivity contribution in [2.24, 2.45) is 5.92 Å². The van der Waals surface area contributed by atoms with Gasteiger partial charge in [0.05, 0.1) is 11.6 Å². The molecule has 1 aromatic carbocycles. The van der Waals surface area contributed by atoms with E-state index in [0.29, 0.717) is 12.5 Å². The van der Waals surface area contributed by atoms with E-state index in [-0.39, 0.29) is 17.3 Å². The number of amides is 1. The first kappa shape index (κ1) is 21.2. The van der Waals surface area contributed by atoms with E-state index < -0.39 is 17.7 Å². The molecule has 0 bridgehead atoms. The molecule has 1 aromatic rings. The van der Waals surface area contributed by atoms with Gasteiger partial charge in [-0.2, -0.15) is 0 Å². The molecule has 2 rings (SSSR count).